The third-order valence-electron chi connectivity index (χ3n) is 2.14. The van der Waals surface area contributed by atoms with Crippen LogP contribution in [0.5, 0.6) is 0 Å². The fraction of sp³-hybridized carbons (Fsp3) is 0.364. The van der Waals surface area contributed by atoms with E-state index in [-0.39, 0.29) is 23.9 Å². The van der Waals surface area contributed by atoms with Gasteiger partial charge in [-0.05, 0) is 53.3 Å². The molecule has 0 bridgehead atoms. The van der Waals surface area contributed by atoms with Gasteiger partial charge >= 0.3 is 5.51 Å². The molecule has 0 heterocycles. The Morgan fingerprint density at radius 3 is 2.47 bits per heavy atom. The highest BCUT2D eigenvalue weighted by atomic mass is 127. The van der Waals surface area contributed by atoms with Crippen molar-refractivity contribution in [2.45, 2.75) is 18.0 Å². The number of nitrogens with one attached hydrogen (secondary N) is 1. The molecule has 0 aliphatic heterocycles. The molecule has 106 valence electrons. The number of carbonyl (C=O) groups is 1. The van der Waals surface area contributed by atoms with Gasteiger partial charge in [-0.1, -0.05) is 11.8 Å². The molecule has 0 fully saturated rings. The topological polar surface area (TPSA) is 55.1 Å². The molecule has 19 heavy (non-hydrogen) atoms. The SMILES string of the molecule is N[C@@H](CCSC(F)(F)F)C(=O)Nc1ccc(I)cc1. The highest BCUT2D eigenvalue weighted by Crippen LogP contribution is 2.30. The van der Waals surface area contributed by atoms with Gasteiger partial charge in [0.15, 0.2) is 0 Å². The Bertz CT molecular complexity index is 425. The number of alkyl halides is 3. The van der Waals surface area contributed by atoms with Crippen molar-refractivity contribution >= 4 is 45.9 Å². The lowest BCUT2D eigenvalue weighted by molar-refractivity contribution is -0.117. The molecule has 0 aliphatic rings. The number of nitrogens with two attached hydrogens (primary N) is 1. The Hall–Kier alpha value is -0.480. The Labute approximate surface area is 126 Å². The molecule has 1 atom stereocenters. The van der Waals surface area contributed by atoms with Crippen molar-refractivity contribution in [3.8, 4) is 0 Å². The van der Waals surface area contributed by atoms with E-state index in [0.717, 1.165) is 3.57 Å². The number of amides is 1. The van der Waals surface area contributed by atoms with Crippen LogP contribution in [0.1, 0.15) is 6.42 Å². The van der Waals surface area contributed by atoms with Crippen LogP contribution in [0.2, 0.25) is 0 Å². The molecule has 0 saturated heterocycles. The predicted octanol–water partition coefficient (Wildman–Crippen LogP) is 3.20. The van der Waals surface area contributed by atoms with Crippen LogP contribution in [0.3, 0.4) is 0 Å². The minimum Gasteiger partial charge on any atom is -0.325 e. The van der Waals surface area contributed by atoms with Crippen molar-refractivity contribution in [3.05, 3.63) is 27.8 Å². The lowest BCUT2D eigenvalue weighted by atomic mass is 10.2. The first kappa shape index (κ1) is 16.6. The number of thioether (sulfide) groups is 1. The van der Waals surface area contributed by atoms with E-state index in [1.807, 2.05) is 0 Å². The van der Waals surface area contributed by atoms with Crippen LogP contribution in [0.4, 0.5) is 18.9 Å². The molecule has 3 nitrogen and oxygen atoms in total. The molecule has 3 N–H and O–H groups in total. The summed E-state index contributed by atoms with van der Waals surface area (Å²) in [5.41, 5.74) is 1.82. The summed E-state index contributed by atoms with van der Waals surface area (Å²) in [5, 5.41) is 2.56. The summed E-state index contributed by atoms with van der Waals surface area (Å²) in [6, 6.07) is 6.07. The molecule has 1 aromatic carbocycles. The maximum Gasteiger partial charge on any atom is 0.441 e. The average molecular weight is 404 g/mol. The minimum absolute atomic E-state index is 0.0274. The van der Waals surface area contributed by atoms with Crippen molar-refractivity contribution in [2.24, 2.45) is 5.73 Å². The van der Waals surface area contributed by atoms with Crippen molar-refractivity contribution < 1.29 is 18.0 Å². The van der Waals surface area contributed by atoms with Crippen LogP contribution in [0, 0.1) is 3.57 Å². The molecule has 0 saturated carbocycles. The van der Waals surface area contributed by atoms with E-state index < -0.39 is 17.5 Å². The van der Waals surface area contributed by atoms with Crippen molar-refractivity contribution in [1.29, 1.82) is 0 Å². The fourth-order valence-corrected chi connectivity index (χ4v) is 2.16. The zero-order valence-corrected chi connectivity index (χ0v) is 12.7. The molecular weight excluding hydrogens is 392 g/mol. The molecular formula is C11H12F3IN2OS. The lowest BCUT2D eigenvalue weighted by Crippen LogP contribution is -2.36. The Morgan fingerprint density at radius 2 is 1.95 bits per heavy atom. The van der Waals surface area contributed by atoms with Gasteiger partial charge in [-0.3, -0.25) is 4.79 Å². The van der Waals surface area contributed by atoms with Crippen LogP contribution in [-0.4, -0.2) is 23.2 Å². The van der Waals surface area contributed by atoms with E-state index in [1.54, 1.807) is 24.3 Å². The summed E-state index contributed by atoms with van der Waals surface area (Å²) >= 11 is 1.95. The summed E-state index contributed by atoms with van der Waals surface area (Å²) < 4.78 is 36.8. The maximum atomic E-state index is 11.9. The summed E-state index contributed by atoms with van der Waals surface area (Å²) in [7, 11) is 0. The summed E-state index contributed by atoms with van der Waals surface area (Å²) in [5.74, 6) is -0.714. The Kier molecular flexibility index (Phi) is 6.40. The molecule has 0 aliphatic carbocycles. The van der Waals surface area contributed by atoms with Crippen molar-refractivity contribution in [1.82, 2.24) is 0 Å². The molecule has 1 aromatic rings. The molecule has 0 radical (unpaired) electrons. The highest BCUT2D eigenvalue weighted by Gasteiger charge is 2.28. The minimum atomic E-state index is -4.29. The van der Waals surface area contributed by atoms with Gasteiger partial charge in [0.1, 0.15) is 0 Å². The quantitative estimate of drug-likeness (QED) is 0.742. The van der Waals surface area contributed by atoms with Crippen molar-refractivity contribution in [3.63, 3.8) is 0 Å². The Balaban J connectivity index is 2.38. The summed E-state index contributed by atoms with van der Waals surface area (Å²) in [6.45, 7) is 0. The standard InChI is InChI=1S/C11H12F3IN2OS/c12-11(13,14)19-6-5-9(16)10(18)17-8-3-1-7(15)2-4-8/h1-4,9H,5-6,16H2,(H,17,18)/t9-/m0/s1. The van der Waals surface area contributed by atoms with Crippen molar-refractivity contribution in [2.75, 3.05) is 11.1 Å². The third-order valence-corrected chi connectivity index (χ3v) is 3.63. The van der Waals surface area contributed by atoms with Gasteiger partial charge in [0.25, 0.3) is 0 Å². The second-order valence-electron chi connectivity index (χ2n) is 3.69. The molecule has 0 unspecified atom stereocenters. The van der Waals surface area contributed by atoms with E-state index in [0.29, 0.717) is 5.69 Å². The molecule has 1 rings (SSSR count). The Morgan fingerprint density at radius 1 is 1.37 bits per heavy atom. The van der Waals surface area contributed by atoms with Gasteiger partial charge in [0.2, 0.25) is 5.91 Å². The number of hydrogen-bond donors (Lipinski definition) is 2. The van der Waals surface area contributed by atoms with Crippen LogP contribution in [-0.2, 0) is 4.79 Å². The van der Waals surface area contributed by atoms with Crippen LogP contribution in [0.15, 0.2) is 24.3 Å². The van der Waals surface area contributed by atoms with Crippen LogP contribution >= 0.6 is 34.4 Å². The number of rotatable bonds is 5. The van der Waals surface area contributed by atoms with Gasteiger partial charge in [0.05, 0.1) is 6.04 Å². The number of anilines is 1. The van der Waals surface area contributed by atoms with Gasteiger partial charge in [-0.15, -0.1) is 0 Å². The monoisotopic (exact) mass is 404 g/mol. The summed E-state index contributed by atoms with van der Waals surface area (Å²) in [4.78, 5) is 11.6. The normalized spacial score (nSPS) is 13.1. The van der Waals surface area contributed by atoms with E-state index in [9.17, 15) is 18.0 Å². The number of benzene rings is 1. The second-order valence-corrected chi connectivity index (χ2v) is 6.09. The zero-order chi connectivity index (χ0) is 14.5. The molecule has 8 heteroatoms. The largest absolute Gasteiger partial charge is 0.441 e. The first-order valence-electron chi connectivity index (χ1n) is 5.30. The van der Waals surface area contributed by atoms with E-state index >= 15 is 0 Å². The van der Waals surface area contributed by atoms with E-state index in [2.05, 4.69) is 27.9 Å². The zero-order valence-electron chi connectivity index (χ0n) is 9.71. The van der Waals surface area contributed by atoms with Gasteiger partial charge in [0, 0.05) is 15.0 Å². The van der Waals surface area contributed by atoms with E-state index in [1.165, 1.54) is 0 Å². The van der Waals surface area contributed by atoms with Gasteiger partial charge < -0.3 is 11.1 Å². The third kappa shape index (κ3) is 7.02. The molecule has 1 amide bonds. The fourth-order valence-electron chi connectivity index (χ4n) is 1.20. The van der Waals surface area contributed by atoms with Gasteiger partial charge in [-0.2, -0.15) is 13.2 Å². The average Bonchev–Trinajstić information content (AvgIpc) is 2.30. The first-order valence-corrected chi connectivity index (χ1v) is 7.37. The summed E-state index contributed by atoms with van der Waals surface area (Å²) in [6.07, 6.45) is -0.0274. The highest BCUT2D eigenvalue weighted by molar-refractivity contribution is 14.1. The maximum absolute atomic E-state index is 11.9. The number of carbonyl (C=O) groups excluding carboxylic acids is 1. The van der Waals surface area contributed by atoms with E-state index in [4.69, 9.17) is 5.73 Å². The second kappa shape index (κ2) is 7.34. The van der Waals surface area contributed by atoms with Gasteiger partial charge in [-0.25, -0.2) is 0 Å². The van der Waals surface area contributed by atoms with Crippen LogP contribution in [0.25, 0.3) is 0 Å². The molecule has 0 aromatic heterocycles. The molecule has 0 spiro atoms. The number of halogens is 4. The lowest BCUT2D eigenvalue weighted by Gasteiger charge is -2.12. The smallest absolute Gasteiger partial charge is 0.325 e. The number of hydrogen-bond acceptors (Lipinski definition) is 3. The van der Waals surface area contributed by atoms with Crippen LogP contribution < -0.4 is 11.1 Å². The predicted molar refractivity (Wildman–Crippen MR) is 78.9 cm³/mol. The first-order chi connectivity index (χ1) is 8.78.